The molecule has 4 aromatic rings. The molecule has 0 aliphatic carbocycles. The molecule has 1 amide bonds. The Balaban J connectivity index is 1.81. The monoisotopic (exact) mass is 388 g/mol. The van der Waals surface area contributed by atoms with E-state index in [0.29, 0.717) is 16.5 Å². The van der Waals surface area contributed by atoms with Gasteiger partial charge in [-0.3, -0.25) is 4.79 Å². The van der Waals surface area contributed by atoms with Gasteiger partial charge < -0.3 is 5.32 Å². The lowest BCUT2D eigenvalue weighted by atomic mass is 10.2. The summed E-state index contributed by atoms with van der Waals surface area (Å²) in [6.45, 7) is 1.91. The SMILES string of the molecule is Cc1c(Cl)cccc1-n1nc(C(=O)Nc2ccccc2)nc1-c1ccccc1. The number of rotatable bonds is 4. The number of anilines is 1. The molecule has 0 unspecified atom stereocenters. The molecule has 0 spiro atoms. The van der Waals surface area contributed by atoms with Gasteiger partial charge in [0, 0.05) is 16.3 Å². The van der Waals surface area contributed by atoms with Crippen LogP contribution >= 0.6 is 11.6 Å². The molecule has 28 heavy (non-hydrogen) atoms. The van der Waals surface area contributed by atoms with E-state index in [2.05, 4.69) is 15.4 Å². The molecule has 0 aliphatic heterocycles. The van der Waals surface area contributed by atoms with Crippen LogP contribution in [0.25, 0.3) is 17.1 Å². The van der Waals surface area contributed by atoms with E-state index in [1.807, 2.05) is 85.8 Å². The lowest BCUT2D eigenvalue weighted by Crippen LogP contribution is -2.14. The molecule has 0 radical (unpaired) electrons. The normalized spacial score (nSPS) is 10.6. The third-order valence-electron chi connectivity index (χ3n) is 4.34. The summed E-state index contributed by atoms with van der Waals surface area (Å²) in [7, 11) is 0. The average Bonchev–Trinajstić information content (AvgIpc) is 3.17. The van der Waals surface area contributed by atoms with Gasteiger partial charge in [-0.05, 0) is 36.8 Å². The van der Waals surface area contributed by atoms with Gasteiger partial charge in [-0.15, -0.1) is 5.10 Å². The quantitative estimate of drug-likeness (QED) is 0.526. The third-order valence-corrected chi connectivity index (χ3v) is 4.75. The Kier molecular flexibility index (Phi) is 4.91. The van der Waals surface area contributed by atoms with E-state index in [9.17, 15) is 4.79 Å². The van der Waals surface area contributed by atoms with Gasteiger partial charge in [0.1, 0.15) is 0 Å². The highest BCUT2D eigenvalue weighted by atomic mass is 35.5. The highest BCUT2D eigenvalue weighted by molar-refractivity contribution is 6.31. The number of carbonyl (C=O) groups excluding carboxylic acids is 1. The molecule has 1 aromatic heterocycles. The van der Waals surface area contributed by atoms with Gasteiger partial charge in [0.05, 0.1) is 5.69 Å². The smallest absolute Gasteiger partial charge is 0.295 e. The Hall–Kier alpha value is -3.44. The van der Waals surface area contributed by atoms with Gasteiger partial charge in [-0.1, -0.05) is 66.2 Å². The van der Waals surface area contributed by atoms with E-state index in [1.54, 1.807) is 4.68 Å². The summed E-state index contributed by atoms with van der Waals surface area (Å²) in [4.78, 5) is 17.2. The topological polar surface area (TPSA) is 59.8 Å². The lowest BCUT2D eigenvalue weighted by molar-refractivity contribution is 0.101. The molecular formula is C22H17ClN4O. The fourth-order valence-corrected chi connectivity index (χ4v) is 3.05. The zero-order valence-corrected chi connectivity index (χ0v) is 15.9. The number of benzene rings is 3. The number of halogens is 1. The number of amides is 1. The van der Waals surface area contributed by atoms with Crippen LogP contribution in [-0.2, 0) is 0 Å². The van der Waals surface area contributed by atoms with Crippen molar-refractivity contribution in [3.05, 3.63) is 95.3 Å². The van der Waals surface area contributed by atoms with Gasteiger partial charge in [-0.2, -0.15) is 0 Å². The summed E-state index contributed by atoms with van der Waals surface area (Å²) in [5, 5.41) is 7.94. The largest absolute Gasteiger partial charge is 0.319 e. The number of hydrogen-bond donors (Lipinski definition) is 1. The van der Waals surface area contributed by atoms with Gasteiger partial charge in [0.2, 0.25) is 5.82 Å². The second-order valence-corrected chi connectivity index (χ2v) is 6.65. The van der Waals surface area contributed by atoms with Crippen molar-refractivity contribution in [2.75, 3.05) is 5.32 Å². The Bertz CT molecular complexity index is 1120. The van der Waals surface area contributed by atoms with Gasteiger partial charge in [-0.25, -0.2) is 9.67 Å². The predicted octanol–water partition coefficient (Wildman–Crippen LogP) is 5.15. The Labute approximate surface area is 167 Å². The van der Waals surface area contributed by atoms with Crippen LogP contribution in [0.2, 0.25) is 5.02 Å². The number of nitrogens with one attached hydrogen (secondary N) is 1. The Morgan fingerprint density at radius 3 is 2.32 bits per heavy atom. The van der Waals surface area contributed by atoms with Crippen molar-refractivity contribution < 1.29 is 4.79 Å². The maximum atomic E-state index is 12.7. The second kappa shape index (κ2) is 7.66. The van der Waals surface area contributed by atoms with Crippen LogP contribution in [0.5, 0.6) is 0 Å². The first-order valence-electron chi connectivity index (χ1n) is 8.78. The van der Waals surface area contributed by atoms with Crippen molar-refractivity contribution in [2.45, 2.75) is 6.92 Å². The molecular weight excluding hydrogens is 372 g/mol. The fraction of sp³-hybridized carbons (Fsp3) is 0.0455. The van der Waals surface area contributed by atoms with E-state index >= 15 is 0 Å². The van der Waals surface area contributed by atoms with Crippen molar-refractivity contribution in [2.24, 2.45) is 0 Å². The molecule has 138 valence electrons. The second-order valence-electron chi connectivity index (χ2n) is 6.24. The van der Waals surface area contributed by atoms with Crippen LogP contribution in [0, 0.1) is 6.92 Å². The van der Waals surface area contributed by atoms with Crippen molar-refractivity contribution in [3.63, 3.8) is 0 Å². The van der Waals surface area contributed by atoms with E-state index in [4.69, 9.17) is 11.6 Å². The molecule has 6 heteroatoms. The Morgan fingerprint density at radius 1 is 0.929 bits per heavy atom. The van der Waals surface area contributed by atoms with Crippen LogP contribution < -0.4 is 5.32 Å². The number of carbonyl (C=O) groups is 1. The van der Waals surface area contributed by atoms with Gasteiger partial charge in [0.15, 0.2) is 5.82 Å². The Morgan fingerprint density at radius 2 is 1.61 bits per heavy atom. The molecule has 3 aromatic carbocycles. The van der Waals surface area contributed by atoms with Gasteiger partial charge >= 0.3 is 0 Å². The highest BCUT2D eigenvalue weighted by Crippen LogP contribution is 2.26. The molecule has 1 heterocycles. The van der Waals surface area contributed by atoms with Crippen LogP contribution in [0.4, 0.5) is 5.69 Å². The first-order valence-corrected chi connectivity index (χ1v) is 9.15. The molecule has 0 atom stereocenters. The van der Waals surface area contributed by atoms with E-state index in [1.165, 1.54) is 0 Å². The first-order chi connectivity index (χ1) is 13.6. The number of hydrogen-bond acceptors (Lipinski definition) is 3. The molecule has 0 saturated carbocycles. The van der Waals surface area contributed by atoms with Gasteiger partial charge in [0.25, 0.3) is 5.91 Å². The number of para-hydroxylation sites is 1. The summed E-state index contributed by atoms with van der Waals surface area (Å²) in [5.74, 6) is 0.285. The highest BCUT2D eigenvalue weighted by Gasteiger charge is 2.20. The van der Waals surface area contributed by atoms with E-state index in [0.717, 1.165) is 16.8 Å². The summed E-state index contributed by atoms with van der Waals surface area (Å²) < 4.78 is 1.66. The van der Waals surface area contributed by atoms with Crippen LogP contribution in [-0.4, -0.2) is 20.7 Å². The standard InChI is InChI=1S/C22H17ClN4O/c1-15-18(23)13-8-14-19(15)27-21(16-9-4-2-5-10-16)25-20(26-27)22(28)24-17-11-6-3-7-12-17/h2-14H,1H3,(H,24,28). The van der Waals surface area contributed by atoms with Crippen molar-refractivity contribution in [3.8, 4) is 17.1 Å². The van der Waals surface area contributed by atoms with Crippen molar-refractivity contribution in [1.82, 2.24) is 14.8 Å². The molecule has 0 fully saturated rings. The number of aromatic nitrogens is 3. The van der Waals surface area contributed by atoms with E-state index < -0.39 is 0 Å². The minimum atomic E-state index is -0.373. The molecule has 0 saturated heterocycles. The fourth-order valence-electron chi connectivity index (χ4n) is 2.88. The maximum Gasteiger partial charge on any atom is 0.295 e. The first kappa shape index (κ1) is 17.9. The van der Waals surface area contributed by atoms with Crippen LogP contribution in [0.1, 0.15) is 16.2 Å². The summed E-state index contributed by atoms with van der Waals surface area (Å²) in [6.07, 6.45) is 0. The minimum Gasteiger partial charge on any atom is -0.319 e. The van der Waals surface area contributed by atoms with E-state index in [-0.39, 0.29) is 11.7 Å². The third kappa shape index (κ3) is 3.52. The molecule has 0 aliphatic rings. The van der Waals surface area contributed by atoms with Crippen LogP contribution in [0.15, 0.2) is 78.9 Å². The summed E-state index contributed by atoms with van der Waals surface area (Å²) in [5.41, 5.74) is 3.18. The summed E-state index contributed by atoms with van der Waals surface area (Å²) >= 11 is 6.30. The summed E-state index contributed by atoms with van der Waals surface area (Å²) in [6, 6.07) is 24.4. The molecule has 1 N–H and O–H groups in total. The molecule has 4 rings (SSSR count). The molecule has 0 bridgehead atoms. The average molecular weight is 389 g/mol. The van der Waals surface area contributed by atoms with Crippen LogP contribution in [0.3, 0.4) is 0 Å². The minimum absolute atomic E-state index is 0.0853. The zero-order valence-electron chi connectivity index (χ0n) is 15.1. The predicted molar refractivity (Wildman–Crippen MR) is 111 cm³/mol. The zero-order chi connectivity index (χ0) is 19.5. The van der Waals surface area contributed by atoms with Crippen molar-refractivity contribution >= 4 is 23.2 Å². The maximum absolute atomic E-state index is 12.7. The number of nitrogens with zero attached hydrogens (tertiary/aromatic N) is 3. The molecule has 5 nitrogen and oxygen atoms in total. The van der Waals surface area contributed by atoms with Crippen molar-refractivity contribution in [1.29, 1.82) is 0 Å². The lowest BCUT2D eigenvalue weighted by Gasteiger charge is -2.10.